The van der Waals surface area contributed by atoms with E-state index in [-0.39, 0.29) is 42.0 Å². The van der Waals surface area contributed by atoms with Crippen molar-refractivity contribution in [2.24, 2.45) is 10.9 Å². The molecule has 4 rings (SSSR count). The minimum atomic E-state index is -1.28. The van der Waals surface area contributed by atoms with Crippen molar-refractivity contribution in [3.05, 3.63) is 22.9 Å². The van der Waals surface area contributed by atoms with Crippen molar-refractivity contribution in [3.8, 4) is 12.3 Å². The average molecular weight is 674 g/mol. The lowest BCUT2D eigenvalue weighted by molar-refractivity contribution is -0.160. The summed E-state index contributed by atoms with van der Waals surface area (Å²) in [4.78, 5) is 58.2. The molecule has 20 heteroatoms. The lowest BCUT2D eigenvalue weighted by Crippen LogP contribution is -2.71. The van der Waals surface area contributed by atoms with Gasteiger partial charge in [0, 0.05) is 17.7 Å². The summed E-state index contributed by atoms with van der Waals surface area (Å²) in [6.45, 7) is 4.67. The molecule has 2 amide bonds. The first-order valence-electron chi connectivity index (χ1n) is 12.2. The van der Waals surface area contributed by atoms with E-state index in [2.05, 4.69) is 31.9 Å². The Bertz CT molecular complexity index is 1410. The molecule has 0 aliphatic carbocycles. The van der Waals surface area contributed by atoms with Crippen molar-refractivity contribution in [1.29, 1.82) is 0 Å². The largest absolute Gasteiger partial charge is 0.477 e. The summed E-state index contributed by atoms with van der Waals surface area (Å²) < 4.78 is 6.57. The molecule has 43 heavy (non-hydrogen) atoms. The van der Waals surface area contributed by atoms with Crippen LogP contribution in [0.4, 0.5) is 0 Å². The van der Waals surface area contributed by atoms with Crippen LogP contribution in [0.25, 0.3) is 0 Å². The third-order valence-corrected chi connectivity index (χ3v) is 8.73. The van der Waals surface area contributed by atoms with Crippen molar-refractivity contribution in [2.45, 2.75) is 55.0 Å². The molecule has 4 N–H and O–H groups in total. The minimum Gasteiger partial charge on any atom is -0.477 e. The topological polar surface area (TPSA) is 207 Å². The van der Waals surface area contributed by atoms with E-state index in [9.17, 15) is 24.3 Å². The van der Waals surface area contributed by atoms with Gasteiger partial charge >= 0.3 is 11.9 Å². The minimum absolute atomic E-state index is 0. The highest BCUT2D eigenvalue weighted by Crippen LogP contribution is 2.41. The van der Waals surface area contributed by atoms with Gasteiger partial charge in [-0.3, -0.25) is 19.4 Å². The Labute approximate surface area is 264 Å². The number of aromatic nitrogens is 4. The number of hydrogen-bond acceptors (Lipinski definition) is 14. The fraction of sp³-hybridized carbons (Fsp3) is 0.478. The van der Waals surface area contributed by atoms with E-state index in [0.717, 1.165) is 4.90 Å². The Morgan fingerprint density at radius 1 is 1.37 bits per heavy atom. The number of amides is 2. The monoisotopic (exact) mass is 673 g/mol. The summed E-state index contributed by atoms with van der Waals surface area (Å²) in [5.74, 6) is -0.762. The average Bonchev–Trinajstić information content (AvgIpc) is 3.55. The second kappa shape index (κ2) is 14.4. The molecule has 3 aliphatic rings. The second-order valence-electron chi connectivity index (χ2n) is 9.72. The van der Waals surface area contributed by atoms with E-state index >= 15 is 0 Å². The Hall–Kier alpha value is -3.44. The van der Waals surface area contributed by atoms with Crippen LogP contribution in [0.1, 0.15) is 20.8 Å². The highest BCUT2D eigenvalue weighted by molar-refractivity contribution is 8.02. The third kappa shape index (κ3) is 7.94. The molecule has 1 saturated heterocycles. The number of terminal acetylenes is 1. The number of esters is 1. The SMILES string of the molecule is C#CCn1nnnc1SCC1=C(C(=O)O)N2C(=O)C(NC(=O)C(=NOCC(=O)OC(C)(C)C)N3C=CSC3N)[C@@H]2SC1.Cl. The predicted molar refractivity (Wildman–Crippen MR) is 160 cm³/mol. The molecule has 0 saturated carbocycles. The number of carbonyl (C=O) groups excluding carboxylic acids is 3. The lowest BCUT2D eigenvalue weighted by atomic mass is 10.0. The lowest BCUT2D eigenvalue weighted by Gasteiger charge is -2.49. The summed E-state index contributed by atoms with van der Waals surface area (Å²) in [6, 6.07) is -1.04. The Morgan fingerprint density at radius 2 is 2.12 bits per heavy atom. The number of thioether (sulfide) groups is 3. The van der Waals surface area contributed by atoms with Crippen LogP contribution >= 0.6 is 47.7 Å². The van der Waals surface area contributed by atoms with Crippen LogP contribution < -0.4 is 11.1 Å². The number of carboxylic acids is 1. The maximum absolute atomic E-state index is 13.3. The molecule has 0 bridgehead atoms. The van der Waals surface area contributed by atoms with Crippen molar-refractivity contribution in [3.63, 3.8) is 0 Å². The van der Waals surface area contributed by atoms with Gasteiger partial charge in [-0.05, 0) is 42.2 Å². The van der Waals surface area contributed by atoms with Crippen molar-refractivity contribution < 1.29 is 33.9 Å². The molecule has 232 valence electrons. The number of halogens is 1. The molecule has 1 aromatic rings. The van der Waals surface area contributed by atoms with Crippen LogP contribution in [0, 0.1) is 12.3 Å². The zero-order valence-corrected chi connectivity index (χ0v) is 26.3. The summed E-state index contributed by atoms with van der Waals surface area (Å²) in [7, 11) is 0. The number of nitrogens with two attached hydrogens (primary N) is 1. The smallest absolute Gasteiger partial charge is 0.352 e. The quantitative estimate of drug-likeness (QED) is 0.0599. The van der Waals surface area contributed by atoms with Gasteiger partial charge in [0.25, 0.3) is 11.8 Å². The first-order valence-corrected chi connectivity index (χ1v) is 15.2. The van der Waals surface area contributed by atoms with E-state index in [1.165, 1.54) is 51.1 Å². The van der Waals surface area contributed by atoms with Gasteiger partial charge in [0.2, 0.25) is 17.6 Å². The van der Waals surface area contributed by atoms with E-state index in [1.54, 1.807) is 26.2 Å². The first kappa shape index (κ1) is 34.1. The van der Waals surface area contributed by atoms with Gasteiger partial charge in [-0.15, -0.1) is 35.7 Å². The number of nitrogens with one attached hydrogen (secondary N) is 1. The molecule has 0 spiro atoms. The van der Waals surface area contributed by atoms with Gasteiger partial charge in [-0.1, -0.05) is 34.6 Å². The van der Waals surface area contributed by atoms with Gasteiger partial charge in [0.05, 0.1) is 0 Å². The number of oxime groups is 1. The number of β-lactam (4-membered cyclic amide) rings is 1. The van der Waals surface area contributed by atoms with Gasteiger partial charge in [-0.25, -0.2) is 14.3 Å². The molecule has 0 radical (unpaired) electrons. The molecule has 3 aliphatic heterocycles. The molecular formula is C23H28ClN9O7S3. The van der Waals surface area contributed by atoms with Crippen LogP contribution in [-0.2, 0) is 35.3 Å². The normalized spacial score (nSPS) is 21.4. The second-order valence-corrected chi connectivity index (χ2v) is 12.8. The number of hydrogen-bond donors (Lipinski definition) is 3. The van der Waals surface area contributed by atoms with Gasteiger partial charge < -0.3 is 25.7 Å². The zero-order valence-electron chi connectivity index (χ0n) is 23.0. The number of tetrazole rings is 1. The fourth-order valence-electron chi connectivity index (χ4n) is 3.88. The van der Waals surface area contributed by atoms with E-state index < -0.39 is 52.9 Å². The van der Waals surface area contributed by atoms with Crippen LogP contribution in [0.5, 0.6) is 0 Å². The van der Waals surface area contributed by atoms with Crippen LogP contribution in [0.3, 0.4) is 0 Å². The van der Waals surface area contributed by atoms with Crippen molar-refractivity contribution >= 4 is 77.3 Å². The maximum Gasteiger partial charge on any atom is 0.352 e. The summed E-state index contributed by atoms with van der Waals surface area (Å²) >= 11 is 3.69. The predicted octanol–water partition coefficient (Wildman–Crippen LogP) is -0.00710. The molecular weight excluding hydrogens is 646 g/mol. The first-order chi connectivity index (χ1) is 19.9. The van der Waals surface area contributed by atoms with Crippen LogP contribution in [0.2, 0.25) is 0 Å². The summed E-state index contributed by atoms with van der Waals surface area (Å²) in [5.41, 5.74) is 4.93. The van der Waals surface area contributed by atoms with E-state index in [0.29, 0.717) is 10.7 Å². The number of fused-ring (bicyclic) bond motifs is 1. The molecule has 0 aromatic carbocycles. The Balaban J connectivity index is 0.00000506. The standard InChI is InChI=1S/C23H27N9O7S3.ClH/c1-5-6-31-22(26-28-29-31)42-11-12-10-41-19-14(18(35)32(19)15(12)20(36)37)25-17(34)16(30-7-8-40-21(30)24)27-38-9-13(33)39-23(2,3)4;/h1,7-8,14,19,21H,6,9-11,24H2,2-4H3,(H,25,34)(H,36,37);1H/t14?,19-,21?;/m0./s1. The number of aliphatic carboxylic acids is 1. The molecule has 3 atom stereocenters. The van der Waals surface area contributed by atoms with E-state index in [1.807, 2.05) is 0 Å². The van der Waals surface area contributed by atoms with Gasteiger partial charge in [0.1, 0.15) is 34.8 Å². The van der Waals surface area contributed by atoms with Crippen molar-refractivity contribution in [1.82, 2.24) is 35.3 Å². The molecule has 4 heterocycles. The number of amidine groups is 1. The summed E-state index contributed by atoms with van der Waals surface area (Å²) in [6.07, 6.45) is 6.83. The van der Waals surface area contributed by atoms with Crippen LogP contribution in [-0.4, -0.2) is 105 Å². The van der Waals surface area contributed by atoms with E-state index in [4.69, 9.17) is 21.7 Å². The third-order valence-electron chi connectivity index (χ3n) is 5.57. The molecule has 1 fully saturated rings. The number of rotatable bonds is 9. The molecule has 1 aromatic heterocycles. The summed E-state index contributed by atoms with van der Waals surface area (Å²) in [5, 5.41) is 29.0. The fourth-order valence-corrected chi connectivity index (χ4v) is 6.91. The number of nitrogens with zero attached hydrogens (tertiary/aromatic N) is 7. The number of carbonyl (C=O) groups is 4. The van der Waals surface area contributed by atoms with Crippen LogP contribution in [0.15, 0.2) is 33.2 Å². The Kier molecular flexibility index (Phi) is 11.4. The van der Waals surface area contributed by atoms with Gasteiger partial charge in [0.15, 0.2) is 0 Å². The maximum atomic E-state index is 13.3. The van der Waals surface area contributed by atoms with Gasteiger partial charge in [-0.2, -0.15) is 0 Å². The Morgan fingerprint density at radius 3 is 2.74 bits per heavy atom. The van der Waals surface area contributed by atoms with Crippen molar-refractivity contribution in [2.75, 3.05) is 18.1 Å². The highest BCUT2D eigenvalue weighted by atomic mass is 35.5. The molecule has 2 unspecified atom stereocenters. The zero-order chi connectivity index (χ0) is 30.6. The number of ether oxygens (including phenoxy) is 1. The highest BCUT2D eigenvalue weighted by Gasteiger charge is 2.54. The number of carboxylic acid groups (broad SMARTS) is 1. The molecule has 16 nitrogen and oxygen atoms in total.